The van der Waals surface area contributed by atoms with E-state index in [9.17, 15) is 0 Å². The molecule has 0 saturated carbocycles. The minimum absolute atomic E-state index is 0.557. The van der Waals surface area contributed by atoms with Gasteiger partial charge in [-0.05, 0) is 35.6 Å². The van der Waals surface area contributed by atoms with Crippen molar-refractivity contribution in [1.29, 1.82) is 0 Å². The predicted octanol–water partition coefficient (Wildman–Crippen LogP) is 4.66. The van der Waals surface area contributed by atoms with Crippen molar-refractivity contribution in [1.82, 2.24) is 0 Å². The van der Waals surface area contributed by atoms with Crippen LogP contribution in [-0.2, 0) is 6.61 Å². The van der Waals surface area contributed by atoms with Crippen molar-refractivity contribution in [3.63, 3.8) is 0 Å². The van der Waals surface area contributed by atoms with Crippen LogP contribution in [0.2, 0.25) is 13.6 Å². The lowest BCUT2D eigenvalue weighted by atomic mass is 9.49. The van der Waals surface area contributed by atoms with Gasteiger partial charge in [-0.3, -0.25) is 0 Å². The molecular weight excluding hydrogens is 255 g/mol. The smallest absolute Gasteiger partial charge is 0.169 e. The van der Waals surface area contributed by atoms with Gasteiger partial charge in [0, 0.05) is 0 Å². The summed E-state index contributed by atoms with van der Waals surface area (Å²) in [6, 6.07) is 15.2. The summed E-state index contributed by atoms with van der Waals surface area (Å²) in [5.41, 5.74) is 5.16. The first-order valence-corrected chi connectivity index (χ1v) is 7.79. The molecule has 0 aromatic heterocycles. The fourth-order valence-corrected chi connectivity index (χ4v) is 2.35. The number of aryl methyl sites for hydroxylation is 1. The molecule has 0 aliphatic rings. The van der Waals surface area contributed by atoms with E-state index in [0.717, 1.165) is 5.75 Å². The summed E-state index contributed by atoms with van der Waals surface area (Å²) < 4.78 is 5.96. The largest absolute Gasteiger partial charge is 0.489 e. The predicted molar refractivity (Wildman–Crippen MR) is 93.2 cm³/mol. The van der Waals surface area contributed by atoms with E-state index in [1.165, 1.54) is 22.2 Å². The van der Waals surface area contributed by atoms with Gasteiger partial charge in [0.15, 0.2) is 6.71 Å². The van der Waals surface area contributed by atoms with E-state index in [-0.39, 0.29) is 0 Å². The Morgan fingerprint density at radius 2 is 1.67 bits per heavy atom. The minimum atomic E-state index is 0.557. The van der Waals surface area contributed by atoms with Gasteiger partial charge in [0.25, 0.3) is 0 Å². The fourth-order valence-electron chi connectivity index (χ4n) is 2.35. The molecule has 0 unspecified atom stereocenters. The molecule has 0 saturated heterocycles. The normalized spacial score (nSPS) is 10.8. The highest BCUT2D eigenvalue weighted by molar-refractivity contribution is 6.70. The maximum Gasteiger partial charge on any atom is 0.169 e. The second-order valence-corrected chi connectivity index (χ2v) is 6.36. The fraction of sp³-hybridized carbons (Fsp3) is 0.368. The lowest BCUT2D eigenvalue weighted by Gasteiger charge is -2.13. The third-order valence-corrected chi connectivity index (χ3v) is 3.91. The Morgan fingerprint density at radius 3 is 2.19 bits per heavy atom. The SMILES string of the molecule is CB(C)c1ccc(COc2ccc(C(C)C)cc2C)cc1. The van der Waals surface area contributed by atoms with Crippen LogP contribution >= 0.6 is 0 Å². The van der Waals surface area contributed by atoms with E-state index >= 15 is 0 Å². The second-order valence-electron chi connectivity index (χ2n) is 6.36. The molecule has 21 heavy (non-hydrogen) atoms. The molecule has 0 N–H and O–H groups in total. The Kier molecular flexibility index (Phi) is 5.11. The van der Waals surface area contributed by atoms with Crippen LogP contribution in [0.15, 0.2) is 42.5 Å². The molecule has 2 heteroatoms. The lowest BCUT2D eigenvalue weighted by molar-refractivity contribution is 0.304. The summed E-state index contributed by atoms with van der Waals surface area (Å²) in [5, 5.41) is 0. The summed E-state index contributed by atoms with van der Waals surface area (Å²) in [5.74, 6) is 1.54. The molecular formula is C19H25BO. The van der Waals surface area contributed by atoms with Crippen LogP contribution in [0.1, 0.15) is 36.5 Å². The lowest BCUT2D eigenvalue weighted by Crippen LogP contribution is -2.22. The van der Waals surface area contributed by atoms with Crippen LogP contribution in [0.25, 0.3) is 0 Å². The standard InChI is InChI=1S/C19H25BO/c1-14(2)17-8-11-19(15(3)12-17)21-13-16-6-9-18(10-7-16)20(4)5/h6-12,14H,13H2,1-5H3. The van der Waals surface area contributed by atoms with Gasteiger partial charge in [-0.15, -0.1) is 0 Å². The van der Waals surface area contributed by atoms with Gasteiger partial charge in [-0.25, -0.2) is 0 Å². The van der Waals surface area contributed by atoms with E-state index in [1.807, 2.05) is 0 Å². The zero-order valence-electron chi connectivity index (χ0n) is 13.8. The van der Waals surface area contributed by atoms with E-state index in [1.54, 1.807) is 0 Å². The summed E-state index contributed by atoms with van der Waals surface area (Å²) in [4.78, 5) is 0. The van der Waals surface area contributed by atoms with Gasteiger partial charge in [-0.2, -0.15) is 0 Å². The van der Waals surface area contributed by atoms with E-state index in [4.69, 9.17) is 4.74 Å². The third kappa shape index (κ3) is 4.14. The molecule has 1 nitrogen and oxygen atoms in total. The van der Waals surface area contributed by atoms with Crippen molar-refractivity contribution >= 4 is 12.2 Å². The van der Waals surface area contributed by atoms with Crippen LogP contribution in [0.5, 0.6) is 5.75 Å². The topological polar surface area (TPSA) is 9.23 Å². The molecule has 0 radical (unpaired) electrons. The van der Waals surface area contributed by atoms with Crippen LogP contribution in [0.4, 0.5) is 0 Å². The Bertz CT molecular complexity index is 585. The van der Waals surface area contributed by atoms with Gasteiger partial charge >= 0.3 is 0 Å². The van der Waals surface area contributed by atoms with E-state index in [0.29, 0.717) is 19.2 Å². The molecule has 0 amide bonds. The molecule has 0 bridgehead atoms. The maximum atomic E-state index is 5.96. The first kappa shape index (κ1) is 15.7. The average molecular weight is 280 g/mol. The molecule has 0 atom stereocenters. The van der Waals surface area contributed by atoms with Crippen molar-refractivity contribution in [3.8, 4) is 5.75 Å². The van der Waals surface area contributed by atoms with Gasteiger partial charge in [0.05, 0.1) is 0 Å². The van der Waals surface area contributed by atoms with Crippen molar-refractivity contribution in [3.05, 3.63) is 59.2 Å². The zero-order valence-corrected chi connectivity index (χ0v) is 13.8. The molecule has 0 spiro atoms. The number of ether oxygens (including phenoxy) is 1. The highest BCUT2D eigenvalue weighted by atomic mass is 16.5. The maximum absolute atomic E-state index is 5.96. The highest BCUT2D eigenvalue weighted by Crippen LogP contribution is 2.24. The second kappa shape index (κ2) is 6.84. The monoisotopic (exact) mass is 280 g/mol. The molecule has 0 fully saturated rings. The summed E-state index contributed by atoms with van der Waals surface area (Å²) in [7, 11) is 0. The quantitative estimate of drug-likeness (QED) is 0.724. The van der Waals surface area contributed by atoms with Crippen LogP contribution in [0, 0.1) is 6.92 Å². The van der Waals surface area contributed by atoms with E-state index in [2.05, 4.69) is 76.9 Å². The van der Waals surface area contributed by atoms with Crippen molar-refractivity contribution in [2.45, 2.75) is 46.9 Å². The van der Waals surface area contributed by atoms with Crippen LogP contribution in [-0.4, -0.2) is 6.71 Å². The number of hydrogen-bond donors (Lipinski definition) is 0. The summed E-state index contributed by atoms with van der Waals surface area (Å²) in [6.45, 7) is 12.2. The summed E-state index contributed by atoms with van der Waals surface area (Å²) >= 11 is 0. The molecule has 110 valence electrons. The van der Waals surface area contributed by atoms with Gasteiger partial charge < -0.3 is 4.74 Å². The molecule has 2 aromatic rings. The number of benzene rings is 2. The third-order valence-electron chi connectivity index (χ3n) is 3.91. The molecule has 0 heterocycles. The first-order valence-electron chi connectivity index (χ1n) is 7.79. The number of hydrogen-bond acceptors (Lipinski definition) is 1. The van der Waals surface area contributed by atoms with Gasteiger partial charge in [0.2, 0.25) is 0 Å². The Balaban J connectivity index is 2.02. The van der Waals surface area contributed by atoms with Crippen molar-refractivity contribution in [2.75, 3.05) is 0 Å². The molecule has 0 aliphatic carbocycles. The van der Waals surface area contributed by atoms with Crippen molar-refractivity contribution < 1.29 is 4.74 Å². The molecule has 2 rings (SSSR count). The van der Waals surface area contributed by atoms with Gasteiger partial charge in [0.1, 0.15) is 12.4 Å². The number of rotatable bonds is 5. The highest BCUT2D eigenvalue weighted by Gasteiger charge is 2.06. The molecule has 2 aromatic carbocycles. The zero-order chi connectivity index (χ0) is 15.4. The Morgan fingerprint density at radius 1 is 1.00 bits per heavy atom. The molecule has 0 aliphatic heterocycles. The average Bonchev–Trinajstić information content (AvgIpc) is 2.46. The minimum Gasteiger partial charge on any atom is -0.489 e. The van der Waals surface area contributed by atoms with Crippen molar-refractivity contribution in [2.24, 2.45) is 0 Å². The van der Waals surface area contributed by atoms with E-state index < -0.39 is 0 Å². The van der Waals surface area contributed by atoms with Crippen LogP contribution in [0.3, 0.4) is 0 Å². The Labute approximate surface area is 129 Å². The van der Waals surface area contributed by atoms with Gasteiger partial charge in [-0.1, -0.05) is 69.4 Å². The first-order chi connectivity index (χ1) is 9.97. The summed E-state index contributed by atoms with van der Waals surface area (Å²) in [6.07, 6.45) is 0. The van der Waals surface area contributed by atoms with Crippen LogP contribution < -0.4 is 10.2 Å². The Hall–Kier alpha value is -1.70.